The molecule has 0 aliphatic carbocycles. The van der Waals surface area contributed by atoms with Crippen LogP contribution in [-0.4, -0.2) is 26.1 Å². The molecule has 3 aromatic rings. The van der Waals surface area contributed by atoms with Crippen LogP contribution in [-0.2, 0) is 0 Å². The molecule has 2 aromatic carbocycles. The number of aryl methyl sites for hydroxylation is 1. The number of carbonyl (C=O) groups excluding carboxylic acids is 1. The van der Waals surface area contributed by atoms with Gasteiger partial charge in [0.1, 0.15) is 6.33 Å². The van der Waals surface area contributed by atoms with E-state index in [1.807, 2.05) is 13.0 Å². The molecule has 6 nitrogen and oxygen atoms in total. The molecule has 0 saturated carbocycles. The molecule has 1 N–H and O–H groups in total. The lowest BCUT2D eigenvalue weighted by molar-refractivity contribution is 0.102. The van der Waals surface area contributed by atoms with Crippen molar-refractivity contribution in [3.05, 3.63) is 64.9 Å². The molecule has 0 atom stereocenters. The van der Waals surface area contributed by atoms with E-state index in [-0.39, 0.29) is 5.91 Å². The van der Waals surface area contributed by atoms with Gasteiger partial charge < -0.3 is 5.32 Å². The van der Waals surface area contributed by atoms with E-state index in [4.69, 9.17) is 11.6 Å². The highest BCUT2D eigenvalue weighted by Gasteiger charge is 2.14. The lowest BCUT2D eigenvalue weighted by atomic mass is 10.1. The van der Waals surface area contributed by atoms with Crippen LogP contribution in [0.4, 0.5) is 5.69 Å². The number of hydrogen-bond donors (Lipinski definition) is 1. The van der Waals surface area contributed by atoms with E-state index in [1.165, 1.54) is 11.0 Å². The summed E-state index contributed by atoms with van der Waals surface area (Å²) in [6.07, 6.45) is 1.44. The van der Waals surface area contributed by atoms with Gasteiger partial charge in [0, 0.05) is 10.7 Å². The zero-order valence-electron chi connectivity index (χ0n) is 11.7. The highest BCUT2D eigenvalue weighted by Crippen LogP contribution is 2.21. The van der Waals surface area contributed by atoms with Gasteiger partial charge >= 0.3 is 0 Å². The first-order chi connectivity index (χ1) is 10.6. The molecular weight excluding hydrogens is 302 g/mol. The fraction of sp³-hybridized carbons (Fsp3) is 0.0667. The number of benzene rings is 2. The summed E-state index contributed by atoms with van der Waals surface area (Å²) in [7, 11) is 0. The Hall–Kier alpha value is -2.73. The van der Waals surface area contributed by atoms with Crippen molar-refractivity contribution in [3.8, 4) is 5.69 Å². The lowest BCUT2D eigenvalue weighted by Gasteiger charge is -2.11. The third kappa shape index (κ3) is 2.82. The highest BCUT2D eigenvalue weighted by molar-refractivity contribution is 6.30. The van der Waals surface area contributed by atoms with Crippen molar-refractivity contribution in [1.29, 1.82) is 0 Å². The van der Waals surface area contributed by atoms with Crippen molar-refractivity contribution in [2.45, 2.75) is 6.92 Å². The third-order valence-electron chi connectivity index (χ3n) is 3.18. The first kappa shape index (κ1) is 14.2. The first-order valence-electron chi connectivity index (χ1n) is 6.55. The van der Waals surface area contributed by atoms with Crippen molar-refractivity contribution in [2.75, 3.05) is 5.32 Å². The molecule has 0 unspecified atom stereocenters. The van der Waals surface area contributed by atoms with E-state index in [0.29, 0.717) is 22.0 Å². The third-order valence-corrected chi connectivity index (χ3v) is 3.42. The molecule has 1 aromatic heterocycles. The van der Waals surface area contributed by atoms with Crippen molar-refractivity contribution in [2.24, 2.45) is 0 Å². The molecule has 0 radical (unpaired) electrons. The van der Waals surface area contributed by atoms with Gasteiger partial charge in [0.15, 0.2) is 0 Å². The molecule has 0 bridgehead atoms. The van der Waals surface area contributed by atoms with Gasteiger partial charge in [-0.15, -0.1) is 5.10 Å². The molecule has 0 saturated heterocycles. The minimum atomic E-state index is -0.239. The minimum Gasteiger partial charge on any atom is -0.322 e. The Morgan fingerprint density at radius 2 is 2.05 bits per heavy atom. The van der Waals surface area contributed by atoms with E-state index in [9.17, 15) is 4.79 Å². The Balaban J connectivity index is 1.93. The summed E-state index contributed by atoms with van der Waals surface area (Å²) < 4.78 is 1.45. The quantitative estimate of drug-likeness (QED) is 0.807. The fourth-order valence-electron chi connectivity index (χ4n) is 2.09. The van der Waals surface area contributed by atoms with Gasteiger partial charge in [-0.25, -0.2) is 0 Å². The van der Waals surface area contributed by atoms with Gasteiger partial charge in [-0.05, 0) is 53.2 Å². The number of carbonyl (C=O) groups is 1. The summed E-state index contributed by atoms with van der Waals surface area (Å²) >= 11 is 5.93. The number of nitrogens with zero attached hydrogens (tertiary/aromatic N) is 4. The Labute approximate surface area is 131 Å². The van der Waals surface area contributed by atoms with Crippen molar-refractivity contribution < 1.29 is 4.79 Å². The molecule has 0 aliphatic heterocycles. The number of rotatable bonds is 3. The molecular formula is C15H12ClN5O. The summed E-state index contributed by atoms with van der Waals surface area (Å²) in [6, 6.07) is 12.4. The molecule has 7 heteroatoms. The summed E-state index contributed by atoms with van der Waals surface area (Å²) in [4.78, 5) is 12.5. The molecule has 0 spiro atoms. The standard InChI is InChI=1S/C15H12ClN5O/c1-10-8-11(16)6-7-13(10)18-15(22)12-4-2-3-5-14(12)21-9-17-19-20-21/h2-9H,1H3,(H,18,22). The van der Waals surface area contributed by atoms with Crippen LogP contribution < -0.4 is 5.32 Å². The van der Waals surface area contributed by atoms with Crippen LogP contribution >= 0.6 is 11.6 Å². The van der Waals surface area contributed by atoms with Crippen molar-refractivity contribution in [1.82, 2.24) is 20.2 Å². The van der Waals surface area contributed by atoms with Gasteiger partial charge in [-0.2, -0.15) is 4.68 Å². The number of nitrogens with one attached hydrogen (secondary N) is 1. The van der Waals surface area contributed by atoms with Crippen LogP contribution in [0.5, 0.6) is 0 Å². The molecule has 22 heavy (non-hydrogen) atoms. The Morgan fingerprint density at radius 3 is 2.77 bits per heavy atom. The SMILES string of the molecule is Cc1cc(Cl)ccc1NC(=O)c1ccccc1-n1cnnn1. The summed E-state index contributed by atoms with van der Waals surface area (Å²) in [6.45, 7) is 1.88. The van der Waals surface area contributed by atoms with Gasteiger partial charge in [0.05, 0.1) is 11.3 Å². The fourth-order valence-corrected chi connectivity index (χ4v) is 2.32. The second-order valence-electron chi connectivity index (χ2n) is 4.68. The monoisotopic (exact) mass is 313 g/mol. The number of aromatic nitrogens is 4. The van der Waals surface area contributed by atoms with E-state index in [0.717, 1.165) is 5.56 Å². The smallest absolute Gasteiger partial charge is 0.257 e. The van der Waals surface area contributed by atoms with E-state index >= 15 is 0 Å². The molecule has 1 heterocycles. The number of amides is 1. The molecule has 110 valence electrons. The second kappa shape index (κ2) is 5.95. The maximum atomic E-state index is 12.5. The Morgan fingerprint density at radius 1 is 1.23 bits per heavy atom. The topological polar surface area (TPSA) is 72.7 Å². The Bertz CT molecular complexity index is 817. The van der Waals surface area contributed by atoms with Crippen LogP contribution in [0.1, 0.15) is 15.9 Å². The largest absolute Gasteiger partial charge is 0.322 e. The number of halogens is 1. The number of para-hydroxylation sites is 1. The van der Waals surface area contributed by atoms with Crippen LogP contribution in [0, 0.1) is 6.92 Å². The molecule has 1 amide bonds. The normalized spacial score (nSPS) is 10.5. The number of anilines is 1. The molecule has 3 rings (SSSR count). The average molecular weight is 314 g/mol. The van der Waals surface area contributed by atoms with E-state index < -0.39 is 0 Å². The molecule has 0 aliphatic rings. The van der Waals surface area contributed by atoms with Gasteiger partial charge in [0.25, 0.3) is 5.91 Å². The van der Waals surface area contributed by atoms with Crippen LogP contribution in [0.2, 0.25) is 5.02 Å². The maximum absolute atomic E-state index is 12.5. The highest BCUT2D eigenvalue weighted by atomic mass is 35.5. The van der Waals surface area contributed by atoms with E-state index in [1.54, 1.807) is 36.4 Å². The first-order valence-corrected chi connectivity index (χ1v) is 6.93. The number of tetrazole rings is 1. The summed E-state index contributed by atoms with van der Waals surface area (Å²) in [5, 5.41) is 14.5. The molecule has 0 fully saturated rings. The lowest BCUT2D eigenvalue weighted by Crippen LogP contribution is -2.16. The summed E-state index contributed by atoms with van der Waals surface area (Å²) in [5.74, 6) is -0.239. The van der Waals surface area contributed by atoms with Crippen molar-refractivity contribution >= 4 is 23.2 Å². The van der Waals surface area contributed by atoms with Gasteiger partial charge in [-0.1, -0.05) is 23.7 Å². The predicted octanol–water partition coefficient (Wildman–Crippen LogP) is 2.88. The predicted molar refractivity (Wildman–Crippen MR) is 83.3 cm³/mol. The van der Waals surface area contributed by atoms with Crippen LogP contribution in [0.15, 0.2) is 48.8 Å². The zero-order valence-corrected chi connectivity index (χ0v) is 12.4. The summed E-state index contributed by atoms with van der Waals surface area (Å²) in [5.41, 5.74) is 2.68. The van der Waals surface area contributed by atoms with Crippen LogP contribution in [0.25, 0.3) is 5.69 Å². The van der Waals surface area contributed by atoms with Crippen molar-refractivity contribution in [3.63, 3.8) is 0 Å². The van der Waals surface area contributed by atoms with Gasteiger partial charge in [0.2, 0.25) is 0 Å². The number of hydrogen-bond acceptors (Lipinski definition) is 4. The van der Waals surface area contributed by atoms with Gasteiger partial charge in [-0.3, -0.25) is 4.79 Å². The maximum Gasteiger partial charge on any atom is 0.257 e. The van der Waals surface area contributed by atoms with Crippen LogP contribution in [0.3, 0.4) is 0 Å². The zero-order chi connectivity index (χ0) is 15.5. The second-order valence-corrected chi connectivity index (χ2v) is 5.12. The minimum absolute atomic E-state index is 0.239. The Kier molecular flexibility index (Phi) is 3.84. The average Bonchev–Trinajstić information content (AvgIpc) is 3.04. The van der Waals surface area contributed by atoms with E-state index in [2.05, 4.69) is 20.8 Å².